The molecule has 0 bridgehead atoms. The summed E-state index contributed by atoms with van der Waals surface area (Å²) < 4.78 is 12.4. The van der Waals surface area contributed by atoms with Crippen LogP contribution < -0.4 is 10.6 Å². The largest absolute Gasteiger partial charge is 0.348 e. The van der Waals surface area contributed by atoms with Crippen LogP contribution in [0.4, 0.5) is 10.3 Å². The number of allylic oxidation sites excluding steroid dienone is 2. The van der Waals surface area contributed by atoms with Gasteiger partial charge < -0.3 is 10.7 Å². The van der Waals surface area contributed by atoms with Gasteiger partial charge in [0.2, 0.25) is 11.9 Å². The van der Waals surface area contributed by atoms with Gasteiger partial charge in [-0.25, -0.2) is 9.97 Å². The molecule has 0 aliphatic heterocycles. The summed E-state index contributed by atoms with van der Waals surface area (Å²) in [4.78, 5) is 32.3. The molecule has 152 valence electrons. The summed E-state index contributed by atoms with van der Waals surface area (Å²) >= 11 is 6.20. The van der Waals surface area contributed by atoms with Crippen LogP contribution in [-0.2, 0) is 4.79 Å². The molecular formula is C19H25ClFN5O2. The molecule has 0 fully saturated rings. The lowest BCUT2D eigenvalue weighted by Gasteiger charge is -2.22. The van der Waals surface area contributed by atoms with Crippen LogP contribution in [0, 0.1) is 23.2 Å². The van der Waals surface area contributed by atoms with E-state index in [2.05, 4.69) is 20.6 Å². The summed E-state index contributed by atoms with van der Waals surface area (Å²) in [6.45, 7) is 4.85. The number of nitrogens with one attached hydrogen (secondary N) is 3. The molecule has 2 amide bonds. The third-order valence-corrected chi connectivity index (χ3v) is 5.09. The molecule has 1 aromatic rings. The Labute approximate surface area is 168 Å². The fourth-order valence-electron chi connectivity index (χ4n) is 2.89. The first-order valence-electron chi connectivity index (χ1n) is 9.19. The summed E-state index contributed by atoms with van der Waals surface area (Å²) in [5.74, 6) is -1.30. The predicted octanol–water partition coefficient (Wildman–Crippen LogP) is 3.33. The van der Waals surface area contributed by atoms with Crippen molar-refractivity contribution in [3.05, 3.63) is 28.6 Å². The molecule has 1 aliphatic rings. The molecule has 0 saturated carbocycles. The van der Waals surface area contributed by atoms with Crippen molar-refractivity contribution in [3.8, 4) is 0 Å². The van der Waals surface area contributed by atoms with E-state index in [1.54, 1.807) is 20.8 Å². The Balaban J connectivity index is 2.00. The fourth-order valence-corrected chi connectivity index (χ4v) is 3.33. The van der Waals surface area contributed by atoms with Gasteiger partial charge in [0.15, 0.2) is 0 Å². The third-order valence-electron chi connectivity index (χ3n) is 4.61. The second kappa shape index (κ2) is 9.73. The van der Waals surface area contributed by atoms with E-state index < -0.39 is 12.6 Å². The van der Waals surface area contributed by atoms with Crippen LogP contribution >= 0.6 is 11.6 Å². The van der Waals surface area contributed by atoms with Crippen molar-refractivity contribution in [2.24, 2.45) is 17.8 Å². The van der Waals surface area contributed by atoms with E-state index in [0.717, 1.165) is 5.57 Å². The molecule has 3 atom stereocenters. The summed E-state index contributed by atoms with van der Waals surface area (Å²) in [6.07, 6.45) is 3.62. The van der Waals surface area contributed by atoms with Crippen LogP contribution in [0.5, 0.6) is 0 Å². The van der Waals surface area contributed by atoms with Gasteiger partial charge in [0.1, 0.15) is 5.69 Å². The maximum absolute atomic E-state index is 12.5. The number of carbonyl (C=O) groups is 2. The van der Waals surface area contributed by atoms with E-state index in [-0.39, 0.29) is 41.3 Å². The number of carbonyl (C=O) groups excluding carboxylic acids is 2. The lowest BCUT2D eigenvalue weighted by atomic mass is 9.92. The molecule has 0 radical (unpaired) electrons. The Morgan fingerprint density at radius 1 is 1.39 bits per heavy atom. The highest BCUT2D eigenvalue weighted by molar-refractivity contribution is 6.33. The Bertz CT molecular complexity index is 783. The molecular weight excluding hydrogens is 385 g/mol. The summed E-state index contributed by atoms with van der Waals surface area (Å²) in [7, 11) is 0. The van der Waals surface area contributed by atoms with Crippen molar-refractivity contribution in [2.45, 2.75) is 39.7 Å². The molecule has 0 spiro atoms. The first kappa shape index (κ1) is 21.9. The minimum Gasteiger partial charge on any atom is -0.348 e. The number of amides is 2. The monoisotopic (exact) mass is 409 g/mol. The van der Waals surface area contributed by atoms with E-state index >= 15 is 0 Å². The Hall–Kier alpha value is -2.35. The third kappa shape index (κ3) is 5.34. The predicted molar refractivity (Wildman–Crippen MR) is 106 cm³/mol. The first-order chi connectivity index (χ1) is 13.3. The van der Waals surface area contributed by atoms with Gasteiger partial charge in [-0.3, -0.25) is 19.3 Å². The summed E-state index contributed by atoms with van der Waals surface area (Å²) in [5.41, 5.74) is 1.06. The number of nitrogens with zero attached hydrogens (tertiary/aromatic N) is 2. The Kier molecular flexibility index (Phi) is 7.62. The van der Waals surface area contributed by atoms with E-state index in [1.807, 2.05) is 0 Å². The van der Waals surface area contributed by atoms with Crippen molar-refractivity contribution >= 4 is 35.6 Å². The lowest BCUT2D eigenvalue weighted by Crippen LogP contribution is -2.40. The second-order valence-corrected chi connectivity index (χ2v) is 7.47. The van der Waals surface area contributed by atoms with Crippen LogP contribution in [0.2, 0.25) is 0 Å². The van der Waals surface area contributed by atoms with E-state index in [4.69, 9.17) is 17.0 Å². The van der Waals surface area contributed by atoms with E-state index in [1.165, 1.54) is 18.5 Å². The van der Waals surface area contributed by atoms with Gasteiger partial charge in [0.25, 0.3) is 5.91 Å². The molecule has 0 saturated heterocycles. The topological polar surface area (TPSA) is 108 Å². The van der Waals surface area contributed by atoms with Crippen molar-refractivity contribution in [3.63, 3.8) is 0 Å². The number of alkyl halides is 1. The SMILES string of the molecule is CC(C)C(=O)Nc1nccc(C(=O)NC(C)C(C=N)C2C(Cl)=C2CCCF)n1. The van der Waals surface area contributed by atoms with Crippen molar-refractivity contribution in [2.75, 3.05) is 12.0 Å². The summed E-state index contributed by atoms with van der Waals surface area (Å²) in [5, 5.41) is 13.7. The highest BCUT2D eigenvalue weighted by atomic mass is 35.5. The van der Waals surface area contributed by atoms with Crippen molar-refractivity contribution < 1.29 is 14.0 Å². The molecule has 1 aliphatic carbocycles. The number of halogens is 2. The van der Waals surface area contributed by atoms with Crippen LogP contribution in [-0.4, -0.2) is 40.7 Å². The molecule has 0 aromatic carbocycles. The number of rotatable bonds is 10. The van der Waals surface area contributed by atoms with E-state index in [9.17, 15) is 14.0 Å². The van der Waals surface area contributed by atoms with Gasteiger partial charge in [0, 0.05) is 41.2 Å². The van der Waals surface area contributed by atoms with Gasteiger partial charge >= 0.3 is 0 Å². The Morgan fingerprint density at radius 2 is 2.11 bits per heavy atom. The van der Waals surface area contributed by atoms with Gasteiger partial charge in [0.05, 0.1) is 6.67 Å². The smallest absolute Gasteiger partial charge is 0.270 e. The number of aromatic nitrogens is 2. The standard InChI is InChI=1S/C19H25ClFN5O2/c1-10(2)17(27)26-19-23-8-6-14(25-19)18(28)24-11(3)13(9-22)15-12(16(15)20)5-4-7-21/h6,8-11,13,15,22H,4-5,7H2,1-3H3,(H,24,28)(H,23,25,26,27). The zero-order valence-corrected chi connectivity index (χ0v) is 16.9. The lowest BCUT2D eigenvalue weighted by molar-refractivity contribution is -0.118. The molecule has 7 nitrogen and oxygen atoms in total. The molecule has 1 heterocycles. The fraction of sp³-hybridized carbons (Fsp3) is 0.526. The van der Waals surface area contributed by atoms with Gasteiger partial charge in [-0.05, 0) is 31.4 Å². The molecule has 3 unspecified atom stereocenters. The molecule has 1 aromatic heterocycles. The molecule has 9 heteroatoms. The number of hydrogen-bond acceptors (Lipinski definition) is 5. The molecule has 3 N–H and O–H groups in total. The Morgan fingerprint density at radius 3 is 2.71 bits per heavy atom. The van der Waals surface area contributed by atoms with Crippen molar-refractivity contribution in [1.29, 1.82) is 5.41 Å². The van der Waals surface area contributed by atoms with Crippen LogP contribution in [0.15, 0.2) is 22.9 Å². The van der Waals surface area contributed by atoms with Gasteiger partial charge in [-0.2, -0.15) is 0 Å². The number of anilines is 1. The minimum absolute atomic E-state index is 0.0584. The minimum atomic E-state index is -0.441. The molecule has 28 heavy (non-hydrogen) atoms. The molecule has 2 rings (SSSR count). The highest BCUT2D eigenvalue weighted by Gasteiger charge is 2.42. The van der Waals surface area contributed by atoms with Crippen LogP contribution in [0.25, 0.3) is 0 Å². The maximum atomic E-state index is 12.5. The zero-order valence-electron chi connectivity index (χ0n) is 16.1. The summed E-state index contributed by atoms with van der Waals surface area (Å²) in [6, 6.07) is 1.07. The van der Waals surface area contributed by atoms with Crippen molar-refractivity contribution in [1.82, 2.24) is 15.3 Å². The normalized spacial score (nSPS) is 17.9. The quantitative estimate of drug-likeness (QED) is 0.515. The number of hydrogen-bond donors (Lipinski definition) is 3. The van der Waals surface area contributed by atoms with E-state index in [0.29, 0.717) is 17.9 Å². The average molecular weight is 410 g/mol. The highest BCUT2D eigenvalue weighted by Crippen LogP contribution is 2.50. The van der Waals surface area contributed by atoms with Crippen LogP contribution in [0.3, 0.4) is 0 Å². The van der Waals surface area contributed by atoms with Crippen LogP contribution in [0.1, 0.15) is 44.1 Å². The van der Waals surface area contributed by atoms with Gasteiger partial charge in [-0.1, -0.05) is 25.4 Å². The second-order valence-electron chi connectivity index (χ2n) is 7.06. The first-order valence-corrected chi connectivity index (χ1v) is 9.57. The van der Waals surface area contributed by atoms with Gasteiger partial charge in [-0.15, -0.1) is 0 Å². The average Bonchev–Trinajstić information content (AvgIpc) is 3.29. The zero-order chi connectivity index (χ0) is 20.8. The maximum Gasteiger partial charge on any atom is 0.270 e.